The van der Waals surface area contributed by atoms with Crippen LogP contribution < -0.4 is 0 Å². The van der Waals surface area contributed by atoms with Gasteiger partial charge in [-0.25, -0.2) is 0 Å². The molecule has 0 unspecified atom stereocenters. The average molecular weight is 285 g/mol. The number of aromatic nitrogens is 1. The molecule has 0 radical (unpaired) electrons. The van der Waals surface area contributed by atoms with Gasteiger partial charge in [-0.15, -0.1) is 0 Å². The summed E-state index contributed by atoms with van der Waals surface area (Å²) >= 11 is 0. The molecule has 0 saturated heterocycles. The highest BCUT2D eigenvalue weighted by Crippen LogP contribution is 2.26. The van der Waals surface area contributed by atoms with Gasteiger partial charge in [-0.2, -0.15) is 0 Å². The zero-order chi connectivity index (χ0) is 14.8. The number of hydrogen-bond acceptors (Lipinski definition) is 1. The van der Waals surface area contributed by atoms with E-state index in [1.807, 2.05) is 12.3 Å². The van der Waals surface area contributed by atoms with E-state index in [-0.39, 0.29) is 0 Å². The third-order valence-electron chi connectivity index (χ3n) is 4.52. The summed E-state index contributed by atoms with van der Waals surface area (Å²) in [4.78, 5) is 4.56. The van der Waals surface area contributed by atoms with Crippen LogP contribution in [0.1, 0.15) is 22.3 Å². The summed E-state index contributed by atoms with van der Waals surface area (Å²) in [6, 6.07) is 22.2. The molecule has 4 aliphatic carbocycles. The van der Waals surface area contributed by atoms with Crippen LogP contribution in [0, 0.1) is 0 Å². The fourth-order valence-electron chi connectivity index (χ4n) is 3.20. The number of rotatable bonds is 1. The normalized spacial score (nSPS) is 13.6. The monoisotopic (exact) mass is 285 g/mol. The summed E-state index contributed by atoms with van der Waals surface area (Å²) in [5, 5.41) is 0. The fourth-order valence-corrected chi connectivity index (χ4v) is 3.20. The number of nitrogens with zero attached hydrogens (tertiary/aromatic N) is 1. The van der Waals surface area contributed by atoms with Crippen molar-refractivity contribution in [2.75, 3.05) is 0 Å². The van der Waals surface area contributed by atoms with Crippen LogP contribution in [0.5, 0.6) is 0 Å². The Bertz CT molecular complexity index is 773. The van der Waals surface area contributed by atoms with E-state index in [4.69, 9.17) is 0 Å². The maximum Gasteiger partial charge on any atom is 0.0704 e. The molecule has 2 aromatic carbocycles. The molecule has 1 aromatic heterocycles. The minimum absolute atomic E-state index is 1.06. The quantitative estimate of drug-likeness (QED) is 0.635. The molecule has 1 heteroatoms. The number of aryl methyl sites for hydroxylation is 4. The predicted molar refractivity (Wildman–Crippen MR) is 90.9 cm³/mol. The average Bonchev–Trinajstić information content (AvgIpc) is 2.58. The molecule has 0 aliphatic heterocycles. The lowest BCUT2D eigenvalue weighted by atomic mass is 9.92. The second-order valence-electron chi connectivity index (χ2n) is 6.02. The zero-order valence-corrected chi connectivity index (χ0v) is 12.6. The summed E-state index contributed by atoms with van der Waals surface area (Å²) in [5.74, 6) is 0. The molecule has 0 saturated carbocycles. The first kappa shape index (κ1) is 13.3. The smallest absolute Gasteiger partial charge is 0.0704 e. The topological polar surface area (TPSA) is 12.9 Å². The van der Waals surface area contributed by atoms with Crippen LogP contribution in [0.4, 0.5) is 0 Å². The van der Waals surface area contributed by atoms with Crippen molar-refractivity contribution in [3.63, 3.8) is 0 Å². The summed E-state index contributed by atoms with van der Waals surface area (Å²) in [6.07, 6.45) is 6.21. The van der Waals surface area contributed by atoms with Crippen LogP contribution >= 0.6 is 0 Å². The van der Waals surface area contributed by atoms with Gasteiger partial charge in [0, 0.05) is 11.8 Å². The Hall–Kier alpha value is -2.41. The van der Waals surface area contributed by atoms with Gasteiger partial charge in [0.15, 0.2) is 0 Å². The molecule has 3 aromatic rings. The van der Waals surface area contributed by atoms with Gasteiger partial charge in [0.1, 0.15) is 0 Å². The highest BCUT2D eigenvalue weighted by molar-refractivity contribution is 5.64. The van der Waals surface area contributed by atoms with Gasteiger partial charge in [0.2, 0.25) is 0 Å². The second kappa shape index (κ2) is 5.76. The number of benzene rings is 2. The molecule has 0 spiro atoms. The van der Waals surface area contributed by atoms with E-state index in [0.717, 1.165) is 31.4 Å². The second-order valence-corrected chi connectivity index (χ2v) is 6.02. The van der Waals surface area contributed by atoms with Gasteiger partial charge < -0.3 is 0 Å². The van der Waals surface area contributed by atoms with Gasteiger partial charge >= 0.3 is 0 Å². The zero-order valence-electron chi connectivity index (χ0n) is 12.6. The fraction of sp³-hybridized carbons (Fsp3) is 0.190. The molecule has 0 fully saturated rings. The van der Waals surface area contributed by atoms with Crippen molar-refractivity contribution in [3.8, 4) is 11.3 Å². The van der Waals surface area contributed by atoms with Gasteiger partial charge in [-0.05, 0) is 66.1 Å². The molecular formula is C21H19N. The Morgan fingerprint density at radius 1 is 0.636 bits per heavy atom. The van der Waals surface area contributed by atoms with Crippen LogP contribution in [0.15, 0.2) is 66.9 Å². The standard InChI is InChI=1S/C21H19N/c1-2-14-22-21(3-1)20-15-18-9-8-16-4-6-17(7-5-16)10-12-19(20)13-11-18/h1-7,11,13-15H,8-10,12H2. The maximum atomic E-state index is 4.56. The first-order chi connectivity index (χ1) is 10.9. The Morgan fingerprint density at radius 3 is 2.05 bits per heavy atom. The molecule has 1 nitrogen and oxygen atoms in total. The predicted octanol–water partition coefficient (Wildman–Crippen LogP) is 4.63. The molecule has 0 amide bonds. The summed E-state index contributed by atoms with van der Waals surface area (Å²) in [6.45, 7) is 0. The Labute approximate surface area is 131 Å². The van der Waals surface area contributed by atoms with Crippen LogP contribution in [0.25, 0.3) is 11.3 Å². The summed E-state index contributed by atoms with van der Waals surface area (Å²) in [7, 11) is 0. The minimum atomic E-state index is 1.06. The van der Waals surface area contributed by atoms with E-state index < -0.39 is 0 Å². The van der Waals surface area contributed by atoms with Gasteiger partial charge in [0.05, 0.1) is 5.69 Å². The molecule has 22 heavy (non-hydrogen) atoms. The Balaban J connectivity index is 1.79. The molecule has 4 aliphatic rings. The van der Waals surface area contributed by atoms with E-state index in [1.165, 1.54) is 27.8 Å². The van der Waals surface area contributed by atoms with Crippen molar-refractivity contribution in [3.05, 3.63) is 89.1 Å². The van der Waals surface area contributed by atoms with Crippen molar-refractivity contribution in [2.45, 2.75) is 25.7 Å². The van der Waals surface area contributed by atoms with Crippen molar-refractivity contribution in [1.82, 2.24) is 4.98 Å². The van der Waals surface area contributed by atoms with Gasteiger partial charge in [-0.3, -0.25) is 4.98 Å². The third kappa shape index (κ3) is 2.67. The van der Waals surface area contributed by atoms with Crippen molar-refractivity contribution in [2.24, 2.45) is 0 Å². The number of hydrogen-bond donors (Lipinski definition) is 0. The largest absolute Gasteiger partial charge is 0.256 e. The van der Waals surface area contributed by atoms with Crippen LogP contribution in [-0.2, 0) is 25.7 Å². The lowest BCUT2D eigenvalue weighted by Crippen LogP contribution is -2.00. The lowest BCUT2D eigenvalue weighted by molar-refractivity contribution is 0.922. The maximum absolute atomic E-state index is 4.56. The van der Waals surface area contributed by atoms with Gasteiger partial charge in [-0.1, -0.05) is 42.5 Å². The number of pyridine rings is 1. The first-order valence-corrected chi connectivity index (χ1v) is 7.99. The molecule has 0 N–H and O–H groups in total. The Morgan fingerprint density at radius 2 is 1.32 bits per heavy atom. The van der Waals surface area contributed by atoms with E-state index >= 15 is 0 Å². The van der Waals surface area contributed by atoms with E-state index in [9.17, 15) is 0 Å². The third-order valence-corrected chi connectivity index (χ3v) is 4.52. The van der Waals surface area contributed by atoms with Gasteiger partial charge in [0.25, 0.3) is 0 Å². The van der Waals surface area contributed by atoms with Crippen LogP contribution in [0.3, 0.4) is 0 Å². The SMILES string of the molecule is c1ccc(-c2cc3ccc2CCc2ccc(cc2)CC3)nc1. The molecule has 0 atom stereocenters. The van der Waals surface area contributed by atoms with Crippen LogP contribution in [-0.4, -0.2) is 4.98 Å². The lowest BCUT2D eigenvalue weighted by Gasteiger charge is -2.14. The van der Waals surface area contributed by atoms with Crippen molar-refractivity contribution in [1.29, 1.82) is 0 Å². The first-order valence-electron chi connectivity index (χ1n) is 7.99. The Kier molecular flexibility index (Phi) is 3.48. The van der Waals surface area contributed by atoms with E-state index in [2.05, 4.69) is 59.6 Å². The summed E-state index contributed by atoms with van der Waals surface area (Å²) in [5.41, 5.74) is 8.02. The highest BCUT2D eigenvalue weighted by Gasteiger charge is 2.10. The molecule has 1 heterocycles. The molecular weight excluding hydrogens is 266 g/mol. The molecule has 4 bridgehead atoms. The summed E-state index contributed by atoms with van der Waals surface area (Å²) < 4.78 is 0. The molecule has 7 rings (SSSR count). The van der Waals surface area contributed by atoms with E-state index in [1.54, 1.807) is 0 Å². The molecule has 108 valence electrons. The van der Waals surface area contributed by atoms with Crippen LogP contribution in [0.2, 0.25) is 0 Å². The van der Waals surface area contributed by atoms with E-state index in [0.29, 0.717) is 0 Å². The highest BCUT2D eigenvalue weighted by atomic mass is 14.7. The minimum Gasteiger partial charge on any atom is -0.256 e. The van der Waals surface area contributed by atoms with Crippen molar-refractivity contribution >= 4 is 0 Å². The van der Waals surface area contributed by atoms with Crippen molar-refractivity contribution < 1.29 is 0 Å².